The number of unbranched alkanes of at least 4 members (excludes halogenated alkanes) is 6. The molecule has 2 unspecified atom stereocenters. The monoisotopic (exact) mass is 772 g/mol. The molecular formula is C46H60O6S2. The fraction of sp³-hybridized carbons (Fsp3) is 0.435. The van der Waals surface area contributed by atoms with Gasteiger partial charge < -0.3 is 10.2 Å². The van der Waals surface area contributed by atoms with Gasteiger partial charge in [-0.2, -0.15) is 0 Å². The molecule has 0 aliphatic rings. The minimum absolute atomic E-state index is 0.0937. The standard InChI is InChI=1S/C24H32O2S.C22H28O4S/c1-24(2,3)20-15-17-21(18-16-20)27-22(23(25)26)14-10-5-4-7-11-19-12-8-6-9-13-19;1-2-18-14-16-20(17-15-18)27(25,26)21(22(23)24)13-9-4-3-6-10-19-11-7-5-8-12-19/h6,8-9,12-13,15-18,22H,4-5,7,10-11,14H2,1-3H3,(H,25,26);5,7-8,11-12,14-17,21H,2-4,6,9-10,13H2,1H3,(H,23,24). The van der Waals surface area contributed by atoms with Crippen LogP contribution in [0.15, 0.2) is 119 Å². The third kappa shape index (κ3) is 15.8. The van der Waals surface area contributed by atoms with E-state index < -0.39 is 27.0 Å². The molecule has 54 heavy (non-hydrogen) atoms. The Labute approximate surface area is 328 Å². The van der Waals surface area contributed by atoms with Gasteiger partial charge in [-0.05, 0) is 96.9 Å². The molecule has 0 aliphatic carbocycles. The Morgan fingerprint density at radius 1 is 0.593 bits per heavy atom. The third-order valence-corrected chi connectivity index (χ3v) is 13.0. The van der Waals surface area contributed by atoms with Gasteiger partial charge in [0.25, 0.3) is 0 Å². The van der Waals surface area contributed by atoms with Crippen LogP contribution < -0.4 is 0 Å². The summed E-state index contributed by atoms with van der Waals surface area (Å²) in [6, 6.07) is 35.6. The summed E-state index contributed by atoms with van der Waals surface area (Å²) < 4.78 is 25.4. The average molecular weight is 773 g/mol. The molecule has 4 rings (SSSR count). The number of thioether (sulfide) groups is 1. The molecule has 0 radical (unpaired) electrons. The second-order valence-corrected chi connectivity index (χ2v) is 18.4. The molecule has 0 spiro atoms. The van der Waals surface area contributed by atoms with Crippen LogP contribution in [0.1, 0.15) is 114 Å². The van der Waals surface area contributed by atoms with E-state index in [1.165, 1.54) is 47.0 Å². The lowest BCUT2D eigenvalue weighted by atomic mass is 9.87. The van der Waals surface area contributed by atoms with Crippen LogP contribution in [0.2, 0.25) is 0 Å². The zero-order valence-corrected chi connectivity index (χ0v) is 34.2. The lowest BCUT2D eigenvalue weighted by molar-refractivity contribution is -0.137. The smallest absolute Gasteiger partial charge is 0.322 e. The van der Waals surface area contributed by atoms with Crippen molar-refractivity contribution in [3.8, 4) is 0 Å². The summed E-state index contributed by atoms with van der Waals surface area (Å²) in [6.45, 7) is 8.55. The number of carbonyl (C=O) groups is 2. The van der Waals surface area contributed by atoms with Crippen LogP contribution in [-0.4, -0.2) is 41.1 Å². The second kappa shape index (κ2) is 23.1. The summed E-state index contributed by atoms with van der Waals surface area (Å²) in [5.41, 5.74) is 5.10. The van der Waals surface area contributed by atoms with Gasteiger partial charge in [0, 0.05) is 4.90 Å². The van der Waals surface area contributed by atoms with Crippen molar-refractivity contribution < 1.29 is 28.2 Å². The second-order valence-electron chi connectivity index (χ2n) is 15.0. The normalized spacial score (nSPS) is 12.7. The van der Waals surface area contributed by atoms with Crippen molar-refractivity contribution in [2.24, 2.45) is 0 Å². The highest BCUT2D eigenvalue weighted by molar-refractivity contribution is 8.00. The summed E-state index contributed by atoms with van der Waals surface area (Å²) in [4.78, 5) is 24.3. The maximum Gasteiger partial charge on any atom is 0.322 e. The van der Waals surface area contributed by atoms with Gasteiger partial charge in [0.05, 0.1) is 4.90 Å². The Balaban J connectivity index is 0.000000290. The van der Waals surface area contributed by atoms with Gasteiger partial charge in [-0.1, -0.05) is 151 Å². The Morgan fingerprint density at radius 3 is 1.52 bits per heavy atom. The number of carboxylic acid groups (broad SMARTS) is 2. The van der Waals surface area contributed by atoms with Crippen molar-refractivity contribution in [1.82, 2.24) is 0 Å². The summed E-state index contributed by atoms with van der Waals surface area (Å²) >= 11 is 1.48. The van der Waals surface area contributed by atoms with E-state index in [4.69, 9.17) is 0 Å². The van der Waals surface area contributed by atoms with E-state index in [0.29, 0.717) is 6.42 Å². The maximum atomic E-state index is 12.7. The van der Waals surface area contributed by atoms with E-state index in [0.717, 1.165) is 74.7 Å². The minimum Gasteiger partial charge on any atom is -0.480 e. The number of hydrogen-bond acceptors (Lipinski definition) is 5. The number of aryl methyl sites for hydroxylation is 3. The summed E-state index contributed by atoms with van der Waals surface area (Å²) in [6.07, 6.45) is 11.6. The number of sulfone groups is 1. The van der Waals surface area contributed by atoms with Gasteiger partial charge in [0.2, 0.25) is 0 Å². The lowest BCUT2D eigenvalue weighted by Crippen LogP contribution is -2.30. The van der Waals surface area contributed by atoms with Crippen LogP contribution in [0.3, 0.4) is 0 Å². The lowest BCUT2D eigenvalue weighted by Gasteiger charge is -2.19. The first-order valence-corrected chi connectivity index (χ1v) is 21.9. The highest BCUT2D eigenvalue weighted by Gasteiger charge is 2.33. The number of benzene rings is 4. The van der Waals surface area contributed by atoms with Crippen LogP contribution >= 0.6 is 11.8 Å². The molecule has 0 fully saturated rings. The van der Waals surface area contributed by atoms with Crippen molar-refractivity contribution in [3.05, 3.63) is 131 Å². The quantitative estimate of drug-likeness (QED) is 0.0641. The van der Waals surface area contributed by atoms with E-state index in [2.05, 4.69) is 81.4 Å². The van der Waals surface area contributed by atoms with Crippen LogP contribution in [0, 0.1) is 0 Å². The van der Waals surface area contributed by atoms with Crippen molar-refractivity contribution in [3.63, 3.8) is 0 Å². The Morgan fingerprint density at radius 2 is 1.07 bits per heavy atom. The summed E-state index contributed by atoms with van der Waals surface area (Å²) in [5.74, 6) is -1.97. The van der Waals surface area contributed by atoms with Crippen LogP contribution in [-0.2, 0) is 44.1 Å². The van der Waals surface area contributed by atoms with E-state index in [-0.39, 0.29) is 22.0 Å². The SMILES string of the molecule is CC(C)(C)c1ccc(SC(CCCCCCc2ccccc2)C(=O)O)cc1.CCc1ccc(S(=O)(=O)C(CCCCCCc2ccccc2)C(=O)O)cc1. The van der Waals surface area contributed by atoms with Crippen molar-refractivity contribution >= 4 is 33.5 Å². The Bertz CT molecular complexity index is 1770. The maximum absolute atomic E-state index is 12.7. The number of aliphatic carboxylic acids is 2. The van der Waals surface area contributed by atoms with Crippen LogP contribution in [0.5, 0.6) is 0 Å². The molecule has 0 saturated heterocycles. The largest absolute Gasteiger partial charge is 0.480 e. The fourth-order valence-electron chi connectivity index (χ4n) is 6.24. The molecular weight excluding hydrogens is 713 g/mol. The summed E-state index contributed by atoms with van der Waals surface area (Å²) in [7, 11) is -3.86. The molecule has 0 bridgehead atoms. The molecule has 0 heterocycles. The number of hydrogen-bond donors (Lipinski definition) is 2. The minimum atomic E-state index is -3.86. The highest BCUT2D eigenvalue weighted by Crippen LogP contribution is 2.30. The Kier molecular flexibility index (Phi) is 19.1. The van der Waals surface area contributed by atoms with Gasteiger partial charge in [0.1, 0.15) is 5.25 Å². The summed E-state index contributed by atoms with van der Waals surface area (Å²) in [5, 5.41) is 17.3. The molecule has 4 aromatic rings. The van der Waals surface area contributed by atoms with Crippen LogP contribution in [0.4, 0.5) is 0 Å². The highest BCUT2D eigenvalue weighted by atomic mass is 32.2. The zero-order chi connectivity index (χ0) is 39.4. The van der Waals surface area contributed by atoms with Crippen molar-refractivity contribution in [2.75, 3.05) is 0 Å². The molecule has 4 aromatic carbocycles. The van der Waals surface area contributed by atoms with Gasteiger partial charge in [-0.3, -0.25) is 9.59 Å². The van der Waals surface area contributed by atoms with E-state index in [1.54, 1.807) is 12.1 Å². The first-order chi connectivity index (χ1) is 25.8. The number of carboxylic acids is 2. The number of rotatable bonds is 21. The van der Waals surface area contributed by atoms with Gasteiger partial charge in [-0.15, -0.1) is 11.8 Å². The topological polar surface area (TPSA) is 109 Å². The fourth-order valence-corrected chi connectivity index (χ4v) is 8.83. The Hall–Kier alpha value is -3.88. The van der Waals surface area contributed by atoms with Gasteiger partial charge in [-0.25, -0.2) is 8.42 Å². The molecule has 8 heteroatoms. The average Bonchev–Trinajstić information content (AvgIpc) is 3.16. The molecule has 0 saturated carbocycles. The predicted molar refractivity (Wildman–Crippen MR) is 223 cm³/mol. The van der Waals surface area contributed by atoms with Gasteiger partial charge in [0.15, 0.2) is 15.1 Å². The molecule has 2 N–H and O–H groups in total. The van der Waals surface area contributed by atoms with Gasteiger partial charge >= 0.3 is 11.9 Å². The van der Waals surface area contributed by atoms with E-state index in [1.807, 2.05) is 31.2 Å². The third-order valence-electron chi connectivity index (χ3n) is 9.63. The van der Waals surface area contributed by atoms with E-state index in [9.17, 15) is 28.2 Å². The van der Waals surface area contributed by atoms with E-state index >= 15 is 0 Å². The zero-order valence-electron chi connectivity index (χ0n) is 32.6. The molecule has 0 aromatic heterocycles. The molecule has 292 valence electrons. The first kappa shape index (κ1) is 44.5. The van der Waals surface area contributed by atoms with Crippen molar-refractivity contribution in [2.45, 2.75) is 137 Å². The molecule has 0 aliphatic heterocycles. The van der Waals surface area contributed by atoms with Crippen LogP contribution in [0.25, 0.3) is 0 Å². The first-order valence-electron chi connectivity index (χ1n) is 19.4. The molecule has 0 amide bonds. The van der Waals surface area contributed by atoms with Crippen molar-refractivity contribution in [1.29, 1.82) is 0 Å². The molecule has 6 nitrogen and oxygen atoms in total. The molecule has 2 atom stereocenters. The predicted octanol–water partition coefficient (Wildman–Crippen LogP) is 11.4.